The summed E-state index contributed by atoms with van der Waals surface area (Å²) < 4.78 is 16.7. The summed E-state index contributed by atoms with van der Waals surface area (Å²) in [5.41, 5.74) is -0.573. The smallest absolute Gasteiger partial charge is 0.311 e. The molecule has 2 saturated carbocycles. The van der Waals surface area contributed by atoms with Crippen molar-refractivity contribution in [3.05, 3.63) is 0 Å². The summed E-state index contributed by atoms with van der Waals surface area (Å²) in [5.74, 6) is 0.223. The Bertz CT molecular complexity index is 717. The van der Waals surface area contributed by atoms with E-state index in [1.807, 2.05) is 20.8 Å². The van der Waals surface area contributed by atoms with Crippen LogP contribution < -0.4 is 0 Å². The monoisotopic (exact) mass is 466 g/mol. The summed E-state index contributed by atoms with van der Waals surface area (Å²) in [7, 11) is 1.42. The molecule has 0 bridgehead atoms. The summed E-state index contributed by atoms with van der Waals surface area (Å²) in [6.07, 6.45) is 4.91. The minimum atomic E-state index is -0.631. The van der Waals surface area contributed by atoms with Gasteiger partial charge in [0.2, 0.25) is 0 Å². The highest BCUT2D eigenvalue weighted by molar-refractivity contribution is 5.76. The van der Waals surface area contributed by atoms with Crippen molar-refractivity contribution in [2.45, 2.75) is 104 Å². The van der Waals surface area contributed by atoms with Gasteiger partial charge in [-0.05, 0) is 70.1 Å². The molecule has 0 spiro atoms. The zero-order valence-corrected chi connectivity index (χ0v) is 20.9. The Morgan fingerprint density at radius 1 is 1.15 bits per heavy atom. The number of hydrogen-bond donors (Lipinski definition) is 1. The summed E-state index contributed by atoms with van der Waals surface area (Å²) in [6, 6.07) is 0. The maximum absolute atomic E-state index is 13.0. The van der Waals surface area contributed by atoms with Crippen LogP contribution in [0.5, 0.6) is 0 Å². The molecule has 2 aliphatic carbocycles. The van der Waals surface area contributed by atoms with E-state index in [0.29, 0.717) is 43.4 Å². The van der Waals surface area contributed by atoms with Gasteiger partial charge in [0, 0.05) is 12.3 Å². The molecule has 3 rings (SSSR count). The average Bonchev–Trinajstić information content (AvgIpc) is 2.77. The summed E-state index contributed by atoms with van der Waals surface area (Å²) in [6.45, 7) is 8.03. The van der Waals surface area contributed by atoms with Gasteiger partial charge < -0.3 is 19.3 Å². The molecule has 7 heteroatoms. The molecule has 0 aromatic rings. The van der Waals surface area contributed by atoms with Crippen LogP contribution in [0.3, 0.4) is 0 Å². The van der Waals surface area contributed by atoms with Gasteiger partial charge in [-0.2, -0.15) is 0 Å². The first-order valence-corrected chi connectivity index (χ1v) is 12.7. The number of ether oxygens (including phenoxy) is 3. The predicted octanol–water partition coefficient (Wildman–Crippen LogP) is 4.04. The van der Waals surface area contributed by atoms with Crippen LogP contribution in [0.4, 0.5) is 0 Å². The van der Waals surface area contributed by atoms with E-state index in [4.69, 9.17) is 14.2 Å². The van der Waals surface area contributed by atoms with Crippen molar-refractivity contribution in [3.8, 4) is 0 Å². The van der Waals surface area contributed by atoms with E-state index in [1.54, 1.807) is 0 Å². The standard InChI is InChI=1S/C26H42O7/c1-6-26(3,4)25(30)33-21-12-17(24(29)31-5)11-16-8-7-15(2)20(23(16)21)10-9-19-13-18(27)14-22(28)32-19/h15-21,23,27H,6-14H2,1-5H3/t15-,16-,17-,18+,19+,20-,21-,23-/m0/s1. The quantitative estimate of drug-likeness (QED) is 0.446. The fourth-order valence-corrected chi connectivity index (χ4v) is 6.19. The summed E-state index contributed by atoms with van der Waals surface area (Å²) >= 11 is 0. The van der Waals surface area contributed by atoms with Crippen molar-refractivity contribution in [2.75, 3.05) is 7.11 Å². The number of fused-ring (bicyclic) bond motifs is 1. The van der Waals surface area contributed by atoms with Crippen molar-refractivity contribution < 1.29 is 33.7 Å². The minimum absolute atomic E-state index is 0.0706. The second-order valence-corrected chi connectivity index (χ2v) is 11.2. The summed E-state index contributed by atoms with van der Waals surface area (Å²) in [5, 5.41) is 9.97. The lowest BCUT2D eigenvalue weighted by atomic mass is 9.57. The molecule has 0 amide bonds. The van der Waals surface area contributed by atoms with Crippen molar-refractivity contribution >= 4 is 17.9 Å². The van der Waals surface area contributed by atoms with Gasteiger partial charge >= 0.3 is 17.9 Å². The van der Waals surface area contributed by atoms with Crippen molar-refractivity contribution in [1.82, 2.24) is 0 Å². The molecule has 1 saturated heterocycles. The number of aliphatic hydroxyl groups excluding tert-OH is 1. The Balaban J connectivity index is 1.79. The van der Waals surface area contributed by atoms with E-state index < -0.39 is 11.5 Å². The Labute approximate surface area is 197 Å². The maximum atomic E-state index is 13.0. The Morgan fingerprint density at radius 3 is 2.52 bits per heavy atom. The van der Waals surface area contributed by atoms with Crippen LogP contribution in [0.1, 0.15) is 85.5 Å². The molecule has 7 nitrogen and oxygen atoms in total. The average molecular weight is 467 g/mol. The first-order valence-electron chi connectivity index (χ1n) is 12.7. The highest BCUT2D eigenvalue weighted by atomic mass is 16.6. The molecule has 0 unspecified atom stereocenters. The highest BCUT2D eigenvalue weighted by Crippen LogP contribution is 2.51. The van der Waals surface area contributed by atoms with Crippen molar-refractivity contribution in [1.29, 1.82) is 0 Å². The van der Waals surface area contributed by atoms with Crippen LogP contribution in [0, 0.1) is 35.0 Å². The first-order chi connectivity index (χ1) is 15.6. The highest BCUT2D eigenvalue weighted by Gasteiger charge is 2.50. The van der Waals surface area contributed by atoms with Gasteiger partial charge in [0.25, 0.3) is 0 Å². The summed E-state index contributed by atoms with van der Waals surface area (Å²) in [4.78, 5) is 37.2. The largest absolute Gasteiger partial charge is 0.469 e. The number of esters is 3. The second-order valence-electron chi connectivity index (χ2n) is 11.2. The molecule has 3 aliphatic rings. The number of carbonyl (C=O) groups excluding carboxylic acids is 3. The normalized spacial score (nSPS) is 37.0. The zero-order valence-electron chi connectivity index (χ0n) is 20.9. The molecule has 188 valence electrons. The Hall–Kier alpha value is -1.63. The zero-order chi connectivity index (χ0) is 24.3. The molecular formula is C26H42O7. The fraction of sp³-hybridized carbons (Fsp3) is 0.885. The molecule has 8 atom stereocenters. The van der Waals surface area contributed by atoms with Gasteiger partial charge in [-0.25, -0.2) is 0 Å². The van der Waals surface area contributed by atoms with Gasteiger partial charge in [0.1, 0.15) is 12.2 Å². The topological polar surface area (TPSA) is 99.1 Å². The maximum Gasteiger partial charge on any atom is 0.311 e. The van der Waals surface area contributed by atoms with E-state index in [1.165, 1.54) is 7.11 Å². The molecular weight excluding hydrogens is 424 g/mol. The number of aliphatic hydroxyl groups is 1. The Morgan fingerprint density at radius 2 is 1.88 bits per heavy atom. The second kappa shape index (κ2) is 10.7. The molecule has 0 aromatic heterocycles. The molecule has 0 radical (unpaired) electrons. The molecule has 3 fully saturated rings. The number of carbonyl (C=O) groups is 3. The van der Waals surface area contributed by atoms with Gasteiger partial charge in [-0.15, -0.1) is 0 Å². The Kier molecular flexibility index (Phi) is 8.46. The third kappa shape index (κ3) is 6.09. The molecule has 1 aliphatic heterocycles. The number of cyclic esters (lactones) is 1. The molecule has 0 aromatic carbocycles. The van der Waals surface area contributed by atoms with Gasteiger partial charge in [0.15, 0.2) is 0 Å². The van der Waals surface area contributed by atoms with E-state index in [9.17, 15) is 19.5 Å². The molecule has 1 N–H and O–H groups in total. The van der Waals surface area contributed by atoms with E-state index >= 15 is 0 Å². The van der Waals surface area contributed by atoms with Crippen molar-refractivity contribution in [3.63, 3.8) is 0 Å². The van der Waals surface area contributed by atoms with Crippen LogP contribution in [-0.4, -0.2) is 48.4 Å². The van der Waals surface area contributed by atoms with Crippen LogP contribution in [0.15, 0.2) is 0 Å². The fourth-order valence-electron chi connectivity index (χ4n) is 6.19. The third-order valence-corrected chi connectivity index (χ3v) is 8.58. The molecule has 1 heterocycles. The lowest BCUT2D eigenvalue weighted by Crippen LogP contribution is -2.50. The first kappa shape index (κ1) is 26.0. The van der Waals surface area contributed by atoms with Gasteiger partial charge in [0.05, 0.1) is 31.0 Å². The minimum Gasteiger partial charge on any atom is -0.469 e. The predicted molar refractivity (Wildman–Crippen MR) is 122 cm³/mol. The van der Waals surface area contributed by atoms with Crippen LogP contribution in [0.2, 0.25) is 0 Å². The van der Waals surface area contributed by atoms with E-state index in [2.05, 4.69) is 6.92 Å². The van der Waals surface area contributed by atoms with Crippen LogP contribution in [0.25, 0.3) is 0 Å². The lowest BCUT2D eigenvalue weighted by molar-refractivity contribution is -0.178. The number of methoxy groups -OCH3 is 1. The SMILES string of the molecule is CCC(C)(C)C(=O)O[C@H]1C[C@@H](C(=O)OC)C[C@@H]2CC[C@H](C)[C@H](CC[C@@H]3C[C@@H](O)CC(=O)O3)[C@H]21. The number of hydrogen-bond acceptors (Lipinski definition) is 7. The van der Waals surface area contributed by atoms with Crippen molar-refractivity contribution in [2.24, 2.45) is 35.0 Å². The lowest BCUT2D eigenvalue weighted by Gasteiger charge is -2.50. The van der Waals surface area contributed by atoms with Crippen LogP contribution in [-0.2, 0) is 28.6 Å². The van der Waals surface area contributed by atoms with Gasteiger partial charge in [-0.1, -0.05) is 20.3 Å². The number of rotatable bonds is 7. The van der Waals surface area contributed by atoms with Crippen LogP contribution >= 0.6 is 0 Å². The third-order valence-electron chi connectivity index (χ3n) is 8.58. The van der Waals surface area contributed by atoms with Gasteiger partial charge in [-0.3, -0.25) is 14.4 Å². The van der Waals surface area contributed by atoms with E-state index in [0.717, 1.165) is 25.7 Å². The molecule has 33 heavy (non-hydrogen) atoms. The van der Waals surface area contributed by atoms with E-state index in [-0.39, 0.29) is 48.4 Å².